The molecule has 0 saturated heterocycles. The summed E-state index contributed by atoms with van der Waals surface area (Å²) in [5.41, 5.74) is 0. The quantitative estimate of drug-likeness (QED) is 0.0200. The molecule has 6 atom stereocenters. The van der Waals surface area contributed by atoms with Crippen LogP contribution in [0.5, 0.6) is 0 Å². The van der Waals surface area contributed by atoms with Crippen molar-refractivity contribution in [3.8, 4) is 0 Å². The van der Waals surface area contributed by atoms with Gasteiger partial charge in [0.15, 0.2) is 6.10 Å². The maximum absolute atomic E-state index is 12.7. The highest BCUT2D eigenvalue weighted by Crippen LogP contribution is 2.38. The van der Waals surface area contributed by atoms with E-state index in [-0.39, 0.29) is 50.1 Å². The van der Waals surface area contributed by atoms with E-state index in [4.69, 9.17) is 18.5 Å². The van der Waals surface area contributed by atoms with E-state index in [1.807, 2.05) is 21.1 Å². The maximum Gasteiger partial charge on any atom is 0.306 e. The topological polar surface area (TPSA) is 169 Å². The summed E-state index contributed by atoms with van der Waals surface area (Å²) >= 11 is 0. The molecule has 1 saturated carbocycles. The van der Waals surface area contributed by atoms with Crippen molar-refractivity contribution < 1.29 is 57.1 Å². The van der Waals surface area contributed by atoms with E-state index in [1.54, 1.807) is 12.2 Å². The fraction of sp³-hybridized carbons (Fsp3) is 0.889. The molecule has 12 nitrogen and oxygen atoms in total. The van der Waals surface area contributed by atoms with Gasteiger partial charge in [0, 0.05) is 25.2 Å². The first-order valence-corrected chi connectivity index (χ1v) is 24.5. The van der Waals surface area contributed by atoms with E-state index in [0.717, 1.165) is 57.8 Å². The van der Waals surface area contributed by atoms with Gasteiger partial charge in [-0.15, -0.1) is 0 Å². The van der Waals surface area contributed by atoms with Crippen molar-refractivity contribution in [1.82, 2.24) is 0 Å². The lowest BCUT2D eigenvalue weighted by molar-refractivity contribution is -0.870. The zero-order valence-electron chi connectivity index (χ0n) is 37.2. The molecule has 2 N–H and O–H groups in total. The summed E-state index contributed by atoms with van der Waals surface area (Å²) in [4.78, 5) is 50.3. The molecular formula is C45H84NO11P. The molecule has 1 aliphatic rings. The van der Waals surface area contributed by atoms with Gasteiger partial charge in [-0.1, -0.05) is 148 Å². The molecule has 0 aliphatic heterocycles. The standard InChI is InChI=1S/C45H84NO11P/c1-6-8-10-11-12-13-14-15-16-17-18-19-20-26-30-45(51)57-39(37-56-58(52,53)55-34-33-46(3,4)5)36-54-44(50)29-25-22-21-24-28-40-41(43(49)35-42(40)48)32-31-38(47)27-23-9-7-2/h31-32,38-42,47-48H,6-30,33-37H2,1-5H3/b32-31+/t38-,39+,40+,41+,42-/m0/s1. The number of hydrogen-bond acceptors (Lipinski definition) is 11. The molecule has 0 amide bonds. The number of unbranched alkanes of at least 4 members (excludes halogenated alkanes) is 18. The number of nitrogens with zero attached hydrogens (tertiary/aromatic N) is 1. The predicted octanol–water partition coefficient (Wildman–Crippen LogP) is 8.92. The number of quaternary nitrogens is 1. The van der Waals surface area contributed by atoms with Crippen LogP contribution in [0.15, 0.2) is 12.2 Å². The van der Waals surface area contributed by atoms with Gasteiger partial charge in [-0.2, -0.15) is 0 Å². The Morgan fingerprint density at radius 2 is 1.29 bits per heavy atom. The lowest BCUT2D eigenvalue weighted by Gasteiger charge is -2.28. The highest BCUT2D eigenvalue weighted by atomic mass is 31.2. The Balaban J connectivity index is 2.45. The largest absolute Gasteiger partial charge is 0.756 e. The number of hydrogen-bond donors (Lipinski definition) is 2. The van der Waals surface area contributed by atoms with Crippen LogP contribution in [-0.4, -0.2) is 98.2 Å². The molecule has 13 heteroatoms. The van der Waals surface area contributed by atoms with Crippen LogP contribution in [0.4, 0.5) is 0 Å². The Morgan fingerprint density at radius 1 is 0.776 bits per heavy atom. The van der Waals surface area contributed by atoms with E-state index in [0.29, 0.717) is 36.7 Å². The van der Waals surface area contributed by atoms with Crippen molar-refractivity contribution in [1.29, 1.82) is 0 Å². The average molecular weight is 846 g/mol. The molecule has 0 aromatic heterocycles. The number of rotatable bonds is 38. The van der Waals surface area contributed by atoms with Crippen LogP contribution in [0.1, 0.15) is 181 Å². The summed E-state index contributed by atoms with van der Waals surface area (Å²) in [7, 11) is 1.04. The van der Waals surface area contributed by atoms with Crippen LogP contribution < -0.4 is 4.89 Å². The number of aliphatic hydroxyl groups excluding tert-OH is 2. The molecule has 1 fully saturated rings. The molecule has 0 heterocycles. The van der Waals surface area contributed by atoms with E-state index in [2.05, 4.69) is 13.8 Å². The molecule has 0 aromatic rings. The molecule has 0 spiro atoms. The first-order valence-electron chi connectivity index (χ1n) is 23.0. The third kappa shape index (κ3) is 29.5. The number of carbonyl (C=O) groups is 3. The summed E-state index contributed by atoms with van der Waals surface area (Å²) in [6.45, 7) is 3.87. The summed E-state index contributed by atoms with van der Waals surface area (Å²) in [5, 5.41) is 20.8. The maximum atomic E-state index is 12.7. The van der Waals surface area contributed by atoms with Gasteiger partial charge >= 0.3 is 11.9 Å². The van der Waals surface area contributed by atoms with Gasteiger partial charge in [-0.25, -0.2) is 0 Å². The fourth-order valence-corrected chi connectivity index (χ4v) is 7.99. The Labute approximate surface area is 352 Å². The van der Waals surface area contributed by atoms with Crippen molar-refractivity contribution in [3.63, 3.8) is 0 Å². The van der Waals surface area contributed by atoms with Crippen molar-refractivity contribution in [3.05, 3.63) is 12.2 Å². The minimum absolute atomic E-state index is 0.00639. The average Bonchev–Trinajstić information content (AvgIpc) is 3.43. The van der Waals surface area contributed by atoms with Crippen molar-refractivity contribution in [2.24, 2.45) is 11.8 Å². The first kappa shape index (κ1) is 54.4. The minimum atomic E-state index is -4.68. The van der Waals surface area contributed by atoms with E-state index in [1.165, 1.54) is 64.2 Å². The molecule has 1 aliphatic carbocycles. The third-order valence-electron chi connectivity index (χ3n) is 10.9. The smallest absolute Gasteiger partial charge is 0.306 e. The molecule has 340 valence electrons. The molecule has 1 rings (SSSR count). The van der Waals surface area contributed by atoms with Gasteiger partial charge in [0.25, 0.3) is 7.82 Å². The van der Waals surface area contributed by atoms with Gasteiger partial charge in [-0.05, 0) is 31.6 Å². The molecular weight excluding hydrogens is 761 g/mol. The predicted molar refractivity (Wildman–Crippen MR) is 228 cm³/mol. The number of ketones is 1. The van der Waals surface area contributed by atoms with Crippen LogP contribution in [0.3, 0.4) is 0 Å². The minimum Gasteiger partial charge on any atom is -0.756 e. The van der Waals surface area contributed by atoms with Crippen LogP contribution in [0.25, 0.3) is 0 Å². The van der Waals surface area contributed by atoms with Gasteiger partial charge in [-0.3, -0.25) is 18.9 Å². The molecule has 0 aromatic carbocycles. The number of esters is 2. The Bertz CT molecular complexity index is 1160. The zero-order valence-corrected chi connectivity index (χ0v) is 38.1. The van der Waals surface area contributed by atoms with Crippen molar-refractivity contribution >= 4 is 25.5 Å². The van der Waals surface area contributed by atoms with Crippen LogP contribution >= 0.6 is 7.82 Å². The van der Waals surface area contributed by atoms with E-state index in [9.17, 15) is 34.1 Å². The highest BCUT2D eigenvalue weighted by molar-refractivity contribution is 7.45. The number of ether oxygens (including phenoxy) is 2. The zero-order chi connectivity index (χ0) is 43.1. The van der Waals surface area contributed by atoms with E-state index >= 15 is 0 Å². The van der Waals surface area contributed by atoms with Gasteiger partial charge in [0.2, 0.25) is 0 Å². The molecule has 58 heavy (non-hydrogen) atoms. The second-order valence-corrected chi connectivity index (χ2v) is 19.0. The monoisotopic (exact) mass is 846 g/mol. The number of aliphatic hydroxyl groups is 2. The second-order valence-electron chi connectivity index (χ2n) is 17.6. The van der Waals surface area contributed by atoms with Gasteiger partial charge in [0.1, 0.15) is 25.5 Å². The Morgan fingerprint density at radius 3 is 1.86 bits per heavy atom. The SMILES string of the molecule is CCCCCCCCCCCCCCCCC(=O)O[C@H](COC(=O)CCCCCC[C@H]1[C@@H](O)CC(=O)[C@@H]1/C=C/[C@@H](O)CCCCC)COP(=O)([O-])OCC[N+](C)(C)C. The highest BCUT2D eigenvalue weighted by Gasteiger charge is 2.39. The number of phosphoric acid groups is 1. The fourth-order valence-electron chi connectivity index (χ4n) is 7.27. The van der Waals surface area contributed by atoms with Gasteiger partial charge in [0.05, 0.1) is 40.0 Å². The molecule has 0 bridgehead atoms. The second kappa shape index (κ2) is 33.0. The lowest BCUT2D eigenvalue weighted by Crippen LogP contribution is -2.37. The number of Topliss-reactive ketones (excluding diaryl/α,β-unsaturated/α-hetero) is 1. The van der Waals surface area contributed by atoms with Crippen LogP contribution in [0.2, 0.25) is 0 Å². The summed E-state index contributed by atoms with van der Waals surface area (Å²) < 4.78 is 33.9. The summed E-state index contributed by atoms with van der Waals surface area (Å²) in [6, 6.07) is 0. The first-order chi connectivity index (χ1) is 27.7. The summed E-state index contributed by atoms with van der Waals surface area (Å²) in [5.74, 6) is -1.55. The normalized spacial score (nSPS) is 19.4. The van der Waals surface area contributed by atoms with Crippen LogP contribution in [0, 0.1) is 11.8 Å². The Hall–Kier alpha value is -1.66. The van der Waals surface area contributed by atoms with Crippen LogP contribution in [-0.2, 0) is 37.5 Å². The molecule has 1 unspecified atom stereocenters. The van der Waals surface area contributed by atoms with Crippen molar-refractivity contribution in [2.75, 3.05) is 47.5 Å². The number of phosphoric ester groups is 1. The Kier molecular flexibility index (Phi) is 31.0. The van der Waals surface area contributed by atoms with E-state index < -0.39 is 44.7 Å². The third-order valence-corrected chi connectivity index (χ3v) is 11.9. The summed E-state index contributed by atoms with van der Waals surface area (Å²) in [6.07, 6.45) is 25.7. The number of carbonyl (C=O) groups excluding carboxylic acids is 3. The lowest BCUT2D eigenvalue weighted by atomic mass is 9.88. The van der Waals surface area contributed by atoms with Crippen molar-refractivity contribution in [2.45, 2.75) is 199 Å². The molecule has 0 radical (unpaired) electrons. The number of likely N-dealkylation sites (N-methyl/N-ethyl adjacent to an activating group) is 1. The van der Waals surface area contributed by atoms with Gasteiger partial charge < -0.3 is 38.1 Å². The number of allylic oxidation sites excluding steroid dienone is 1.